The number of ether oxygens (including phenoxy) is 1. The van der Waals surface area contributed by atoms with E-state index in [0.29, 0.717) is 41.8 Å². The second-order valence-corrected chi connectivity index (χ2v) is 7.56. The lowest BCUT2D eigenvalue weighted by Gasteiger charge is -2.16. The van der Waals surface area contributed by atoms with Gasteiger partial charge in [-0.25, -0.2) is 14.8 Å². The minimum Gasteiger partial charge on any atom is -0.462 e. The molecular formula is C21H29N5O3S. The maximum atomic E-state index is 12.0. The Labute approximate surface area is 181 Å². The summed E-state index contributed by atoms with van der Waals surface area (Å²) < 4.78 is 5.09. The first-order valence-corrected chi connectivity index (χ1v) is 10.7. The van der Waals surface area contributed by atoms with Crippen LogP contribution in [-0.4, -0.2) is 43.0 Å². The quantitative estimate of drug-likeness (QED) is 0.337. The molecule has 30 heavy (non-hydrogen) atoms. The van der Waals surface area contributed by atoms with Gasteiger partial charge in [-0.3, -0.25) is 4.79 Å². The topological polar surface area (TPSA) is 105 Å². The number of amides is 1. The van der Waals surface area contributed by atoms with Gasteiger partial charge in [0, 0.05) is 19.2 Å². The standard InChI is InChI=1S/C21H29N5O3S/c1-6-23-21(24-12-15-9-8-10-16(11-15)18(27)22-5)26-14(4)19-25-13(3)17(30-19)20(28)29-7-2/h8-11,14H,6-7,12H2,1-5H3,(H,22,27)(H2,23,24,26). The fraction of sp³-hybridized carbons (Fsp3) is 0.429. The zero-order valence-electron chi connectivity index (χ0n) is 18.0. The van der Waals surface area contributed by atoms with Crippen LogP contribution in [0, 0.1) is 6.92 Å². The van der Waals surface area contributed by atoms with Crippen LogP contribution in [0.3, 0.4) is 0 Å². The van der Waals surface area contributed by atoms with Gasteiger partial charge in [-0.05, 0) is 45.4 Å². The van der Waals surface area contributed by atoms with Crippen LogP contribution in [0.5, 0.6) is 0 Å². The molecule has 0 saturated carbocycles. The SMILES string of the molecule is CCNC(=NCc1cccc(C(=O)NC)c1)NC(C)c1nc(C)c(C(=O)OCC)s1. The average Bonchev–Trinajstić information content (AvgIpc) is 3.14. The van der Waals surface area contributed by atoms with Crippen molar-refractivity contribution in [2.24, 2.45) is 4.99 Å². The summed E-state index contributed by atoms with van der Waals surface area (Å²) >= 11 is 1.32. The minimum absolute atomic E-state index is 0.129. The van der Waals surface area contributed by atoms with Crippen molar-refractivity contribution in [2.45, 2.75) is 40.3 Å². The van der Waals surface area contributed by atoms with E-state index in [9.17, 15) is 9.59 Å². The molecule has 0 fully saturated rings. The molecule has 2 rings (SSSR count). The number of aryl methyl sites for hydroxylation is 1. The minimum atomic E-state index is -0.345. The molecule has 0 spiro atoms. The number of thiazole rings is 1. The van der Waals surface area contributed by atoms with Crippen molar-refractivity contribution in [1.82, 2.24) is 20.9 Å². The number of carbonyl (C=O) groups excluding carboxylic acids is 2. The van der Waals surface area contributed by atoms with Crippen LogP contribution in [-0.2, 0) is 11.3 Å². The molecule has 1 unspecified atom stereocenters. The highest BCUT2D eigenvalue weighted by molar-refractivity contribution is 7.13. The number of rotatable bonds is 8. The monoisotopic (exact) mass is 431 g/mol. The van der Waals surface area contributed by atoms with Gasteiger partial charge in [-0.1, -0.05) is 12.1 Å². The Morgan fingerprint density at radius 2 is 2.07 bits per heavy atom. The van der Waals surface area contributed by atoms with Gasteiger partial charge in [0.2, 0.25) is 0 Å². The molecular weight excluding hydrogens is 402 g/mol. The van der Waals surface area contributed by atoms with Crippen LogP contribution in [0.15, 0.2) is 29.3 Å². The number of aliphatic imine (C=N–C) groups is 1. The summed E-state index contributed by atoms with van der Waals surface area (Å²) in [7, 11) is 1.61. The number of carbonyl (C=O) groups is 2. The summed E-state index contributed by atoms with van der Waals surface area (Å²) in [6.07, 6.45) is 0. The smallest absolute Gasteiger partial charge is 0.350 e. The van der Waals surface area contributed by atoms with Gasteiger partial charge < -0.3 is 20.7 Å². The largest absolute Gasteiger partial charge is 0.462 e. The molecule has 1 aromatic heterocycles. The highest BCUT2D eigenvalue weighted by atomic mass is 32.1. The molecule has 0 aliphatic heterocycles. The molecule has 0 bridgehead atoms. The summed E-state index contributed by atoms with van der Waals surface area (Å²) in [5.41, 5.74) is 2.19. The van der Waals surface area contributed by atoms with Gasteiger partial charge in [0.15, 0.2) is 5.96 Å². The first-order valence-electron chi connectivity index (χ1n) is 9.89. The highest BCUT2D eigenvalue weighted by Crippen LogP contribution is 2.24. The number of aromatic nitrogens is 1. The number of hydrogen-bond donors (Lipinski definition) is 3. The Kier molecular flexibility index (Phi) is 8.79. The molecule has 8 nitrogen and oxygen atoms in total. The zero-order valence-corrected chi connectivity index (χ0v) is 18.9. The normalized spacial score (nSPS) is 12.2. The van der Waals surface area contributed by atoms with E-state index in [2.05, 4.69) is 25.9 Å². The van der Waals surface area contributed by atoms with E-state index in [4.69, 9.17) is 4.74 Å². The fourth-order valence-corrected chi connectivity index (χ4v) is 3.66. The summed E-state index contributed by atoms with van der Waals surface area (Å²) in [5.74, 6) is 0.152. The second-order valence-electron chi connectivity index (χ2n) is 6.53. The fourth-order valence-electron chi connectivity index (χ4n) is 2.70. The van der Waals surface area contributed by atoms with E-state index >= 15 is 0 Å². The number of esters is 1. The molecule has 1 atom stereocenters. The van der Waals surface area contributed by atoms with Crippen molar-refractivity contribution in [2.75, 3.05) is 20.2 Å². The molecule has 1 amide bonds. The molecule has 1 aromatic carbocycles. The van der Waals surface area contributed by atoms with Gasteiger partial charge in [0.1, 0.15) is 9.88 Å². The number of hydrogen-bond acceptors (Lipinski definition) is 6. The van der Waals surface area contributed by atoms with Crippen molar-refractivity contribution >= 4 is 29.2 Å². The lowest BCUT2D eigenvalue weighted by atomic mass is 10.1. The van der Waals surface area contributed by atoms with Crippen LogP contribution < -0.4 is 16.0 Å². The average molecular weight is 432 g/mol. The summed E-state index contributed by atoms with van der Waals surface area (Å²) in [6.45, 7) is 8.98. The van der Waals surface area contributed by atoms with E-state index < -0.39 is 0 Å². The molecule has 2 aromatic rings. The second kappa shape index (κ2) is 11.3. The van der Waals surface area contributed by atoms with Gasteiger partial charge in [0.25, 0.3) is 5.91 Å². The van der Waals surface area contributed by atoms with Gasteiger partial charge in [-0.2, -0.15) is 0 Å². The zero-order chi connectivity index (χ0) is 22.1. The van der Waals surface area contributed by atoms with Crippen LogP contribution in [0.2, 0.25) is 0 Å². The third kappa shape index (κ3) is 6.28. The predicted octanol–water partition coefficient (Wildman–Crippen LogP) is 2.80. The van der Waals surface area contributed by atoms with E-state index in [1.165, 1.54) is 11.3 Å². The van der Waals surface area contributed by atoms with Gasteiger partial charge in [0.05, 0.1) is 24.9 Å². The third-order valence-corrected chi connectivity index (χ3v) is 5.50. The van der Waals surface area contributed by atoms with Crippen molar-refractivity contribution in [1.29, 1.82) is 0 Å². The third-order valence-electron chi connectivity index (χ3n) is 4.18. The molecule has 0 aliphatic rings. The summed E-state index contributed by atoms with van der Waals surface area (Å²) in [6, 6.07) is 7.22. The Morgan fingerprint density at radius 1 is 1.30 bits per heavy atom. The highest BCUT2D eigenvalue weighted by Gasteiger charge is 2.20. The summed E-state index contributed by atoms with van der Waals surface area (Å²) in [4.78, 5) is 33.5. The van der Waals surface area contributed by atoms with Crippen molar-refractivity contribution in [3.8, 4) is 0 Å². The maximum absolute atomic E-state index is 12.0. The number of nitrogens with zero attached hydrogens (tertiary/aromatic N) is 2. The number of guanidine groups is 1. The maximum Gasteiger partial charge on any atom is 0.350 e. The molecule has 9 heteroatoms. The first kappa shape index (κ1) is 23.3. The van der Waals surface area contributed by atoms with Crippen LogP contribution in [0.25, 0.3) is 0 Å². The van der Waals surface area contributed by atoms with Crippen molar-refractivity contribution in [3.63, 3.8) is 0 Å². The van der Waals surface area contributed by atoms with Gasteiger partial charge in [-0.15, -0.1) is 11.3 Å². The molecule has 0 radical (unpaired) electrons. The van der Waals surface area contributed by atoms with Crippen molar-refractivity contribution in [3.05, 3.63) is 51.0 Å². The van der Waals surface area contributed by atoms with E-state index in [0.717, 1.165) is 10.6 Å². The molecule has 0 saturated heterocycles. The van der Waals surface area contributed by atoms with Crippen LogP contribution in [0.1, 0.15) is 63.1 Å². The Hall–Kier alpha value is -2.94. The lowest BCUT2D eigenvalue weighted by Crippen LogP contribution is -2.38. The molecule has 3 N–H and O–H groups in total. The number of benzene rings is 1. The van der Waals surface area contributed by atoms with E-state index in [1.54, 1.807) is 27.0 Å². The van der Waals surface area contributed by atoms with Crippen molar-refractivity contribution < 1.29 is 14.3 Å². The van der Waals surface area contributed by atoms with Crippen LogP contribution >= 0.6 is 11.3 Å². The molecule has 0 aliphatic carbocycles. The predicted molar refractivity (Wildman–Crippen MR) is 119 cm³/mol. The lowest BCUT2D eigenvalue weighted by molar-refractivity contribution is 0.0531. The Morgan fingerprint density at radius 3 is 2.73 bits per heavy atom. The van der Waals surface area contributed by atoms with E-state index in [-0.39, 0.29) is 17.9 Å². The van der Waals surface area contributed by atoms with Crippen LogP contribution in [0.4, 0.5) is 0 Å². The molecule has 162 valence electrons. The molecule has 1 heterocycles. The van der Waals surface area contributed by atoms with Gasteiger partial charge >= 0.3 is 5.97 Å². The number of nitrogens with one attached hydrogen (secondary N) is 3. The first-order chi connectivity index (χ1) is 14.4. The Bertz CT molecular complexity index is 910. The summed E-state index contributed by atoms with van der Waals surface area (Å²) in [5, 5.41) is 9.93. The van der Waals surface area contributed by atoms with E-state index in [1.807, 2.05) is 32.0 Å². The Balaban J connectivity index is 2.12.